The summed E-state index contributed by atoms with van der Waals surface area (Å²) in [7, 11) is 1.29. The van der Waals surface area contributed by atoms with Gasteiger partial charge in [-0.25, -0.2) is 0 Å². The molecule has 1 fully saturated rings. The Balaban J connectivity index is 1.78. The number of methoxy groups -OCH3 is 1. The quantitative estimate of drug-likeness (QED) is 0.441. The summed E-state index contributed by atoms with van der Waals surface area (Å²) >= 11 is 0. The number of nitro benzene ring substituents is 1. The van der Waals surface area contributed by atoms with Crippen LogP contribution in [0.15, 0.2) is 18.2 Å². The van der Waals surface area contributed by atoms with Gasteiger partial charge in [0, 0.05) is 56.2 Å². The number of nitrogens with zero attached hydrogens (tertiary/aromatic N) is 3. The van der Waals surface area contributed by atoms with Crippen molar-refractivity contribution in [1.29, 1.82) is 0 Å². The zero-order valence-corrected chi connectivity index (χ0v) is 16.0. The Morgan fingerprint density at radius 3 is 2.46 bits per heavy atom. The molecule has 9 nitrogen and oxygen atoms in total. The van der Waals surface area contributed by atoms with E-state index in [1.165, 1.54) is 20.1 Å². The van der Waals surface area contributed by atoms with Crippen LogP contribution in [0.5, 0.6) is 0 Å². The van der Waals surface area contributed by atoms with Crippen LogP contribution < -0.4 is 4.90 Å². The minimum Gasteiger partial charge on any atom is -0.469 e. The molecule has 2 aliphatic heterocycles. The lowest BCUT2D eigenvalue weighted by Crippen LogP contribution is -2.47. The summed E-state index contributed by atoms with van der Waals surface area (Å²) in [5.41, 5.74) is 1.12. The maximum absolute atomic E-state index is 12.3. The van der Waals surface area contributed by atoms with Crippen molar-refractivity contribution in [2.45, 2.75) is 38.0 Å². The molecule has 150 valence electrons. The topological polar surface area (TPSA) is 110 Å². The fourth-order valence-electron chi connectivity index (χ4n) is 4.13. The standard InChI is InChI=1S/C19H23N3O6/c1-13(23)21-12-19(15-11-14(22(26)27)3-4-16(15)21)7-9-20(10-8-19)17(24)5-6-18(25)28-2/h3-4,11H,5-10,12H2,1-2H3. The van der Waals surface area contributed by atoms with Crippen LogP contribution in [0.25, 0.3) is 0 Å². The van der Waals surface area contributed by atoms with E-state index in [4.69, 9.17) is 0 Å². The molecule has 0 aliphatic carbocycles. The second-order valence-electron chi connectivity index (χ2n) is 7.30. The zero-order valence-electron chi connectivity index (χ0n) is 16.0. The number of fused-ring (bicyclic) bond motifs is 2. The van der Waals surface area contributed by atoms with Crippen LogP contribution in [0.2, 0.25) is 0 Å². The maximum Gasteiger partial charge on any atom is 0.306 e. The third-order valence-electron chi connectivity index (χ3n) is 5.74. The average molecular weight is 389 g/mol. The molecule has 0 aromatic heterocycles. The molecule has 28 heavy (non-hydrogen) atoms. The molecule has 0 unspecified atom stereocenters. The lowest BCUT2D eigenvalue weighted by Gasteiger charge is -2.39. The molecule has 0 radical (unpaired) electrons. The highest BCUT2D eigenvalue weighted by molar-refractivity contribution is 5.95. The smallest absolute Gasteiger partial charge is 0.306 e. The number of carbonyl (C=O) groups excluding carboxylic acids is 3. The molecule has 9 heteroatoms. The largest absolute Gasteiger partial charge is 0.469 e. The number of likely N-dealkylation sites (tertiary alicyclic amines) is 1. The number of ether oxygens (including phenoxy) is 1. The van der Waals surface area contributed by atoms with Gasteiger partial charge in [0.05, 0.1) is 18.5 Å². The van der Waals surface area contributed by atoms with Gasteiger partial charge in [-0.2, -0.15) is 0 Å². The van der Waals surface area contributed by atoms with Crippen LogP contribution in [-0.2, 0) is 24.5 Å². The van der Waals surface area contributed by atoms with Gasteiger partial charge >= 0.3 is 5.97 Å². The molecule has 0 N–H and O–H groups in total. The highest BCUT2D eigenvalue weighted by atomic mass is 16.6. The number of rotatable bonds is 4. The Kier molecular flexibility index (Phi) is 5.35. The monoisotopic (exact) mass is 389 g/mol. The lowest BCUT2D eigenvalue weighted by molar-refractivity contribution is -0.384. The van der Waals surface area contributed by atoms with Gasteiger partial charge in [0.15, 0.2) is 0 Å². The summed E-state index contributed by atoms with van der Waals surface area (Å²) in [4.78, 5) is 49.8. The fraction of sp³-hybridized carbons (Fsp3) is 0.526. The summed E-state index contributed by atoms with van der Waals surface area (Å²) in [6.07, 6.45) is 1.36. The van der Waals surface area contributed by atoms with Crippen LogP contribution >= 0.6 is 0 Å². The number of benzene rings is 1. The summed E-state index contributed by atoms with van der Waals surface area (Å²) in [5, 5.41) is 11.2. The van der Waals surface area contributed by atoms with E-state index < -0.39 is 16.3 Å². The maximum atomic E-state index is 12.3. The van der Waals surface area contributed by atoms with Gasteiger partial charge in [-0.1, -0.05) is 0 Å². The van der Waals surface area contributed by atoms with Crippen molar-refractivity contribution in [3.8, 4) is 0 Å². The van der Waals surface area contributed by atoms with Crippen molar-refractivity contribution in [2.24, 2.45) is 0 Å². The van der Waals surface area contributed by atoms with Gasteiger partial charge in [0.2, 0.25) is 11.8 Å². The Morgan fingerprint density at radius 2 is 1.89 bits per heavy atom. The molecule has 2 aliphatic rings. The van der Waals surface area contributed by atoms with Gasteiger partial charge < -0.3 is 14.5 Å². The summed E-state index contributed by atoms with van der Waals surface area (Å²) < 4.78 is 4.57. The Bertz CT molecular complexity index is 829. The predicted molar refractivity (Wildman–Crippen MR) is 99.9 cm³/mol. The molecule has 2 amide bonds. The Morgan fingerprint density at radius 1 is 1.21 bits per heavy atom. The van der Waals surface area contributed by atoms with Crippen LogP contribution in [0.3, 0.4) is 0 Å². The first-order valence-electron chi connectivity index (χ1n) is 9.19. The number of amides is 2. The van der Waals surface area contributed by atoms with E-state index >= 15 is 0 Å². The number of piperidine rings is 1. The molecule has 1 saturated heterocycles. The minimum atomic E-state index is -0.435. The first-order valence-corrected chi connectivity index (χ1v) is 9.19. The van der Waals surface area contributed by atoms with Crippen LogP contribution in [0.1, 0.15) is 38.2 Å². The molecular weight excluding hydrogens is 366 g/mol. The van der Waals surface area contributed by atoms with Crippen molar-refractivity contribution >= 4 is 29.2 Å². The number of non-ortho nitro benzene ring substituents is 1. The van der Waals surface area contributed by atoms with Gasteiger partial charge in [0.25, 0.3) is 5.69 Å². The van der Waals surface area contributed by atoms with Gasteiger partial charge in [-0.3, -0.25) is 24.5 Å². The number of esters is 1. The number of nitro groups is 1. The SMILES string of the molecule is COC(=O)CCC(=O)N1CCC2(CC1)CN(C(C)=O)c1ccc([N+](=O)[O-])cc12. The van der Waals surface area contributed by atoms with Gasteiger partial charge in [0.1, 0.15) is 0 Å². The van der Waals surface area contributed by atoms with Crippen LogP contribution in [-0.4, -0.2) is 54.4 Å². The number of hydrogen-bond donors (Lipinski definition) is 0. The number of anilines is 1. The van der Waals surface area contributed by atoms with Crippen LogP contribution in [0.4, 0.5) is 11.4 Å². The van der Waals surface area contributed by atoms with E-state index in [0.717, 1.165) is 5.56 Å². The van der Waals surface area contributed by atoms with E-state index in [1.807, 2.05) is 0 Å². The number of carbonyl (C=O) groups is 3. The molecule has 0 atom stereocenters. The normalized spacial score (nSPS) is 17.4. The highest BCUT2D eigenvalue weighted by Gasteiger charge is 2.47. The van der Waals surface area contributed by atoms with Crippen molar-refractivity contribution in [3.05, 3.63) is 33.9 Å². The molecule has 1 spiro atoms. The lowest BCUT2D eigenvalue weighted by atomic mass is 9.74. The Labute approximate surface area is 162 Å². The fourth-order valence-corrected chi connectivity index (χ4v) is 4.13. The van der Waals surface area contributed by atoms with E-state index in [-0.39, 0.29) is 30.3 Å². The van der Waals surface area contributed by atoms with Gasteiger partial charge in [-0.15, -0.1) is 0 Å². The van der Waals surface area contributed by atoms with E-state index in [1.54, 1.807) is 21.9 Å². The van der Waals surface area contributed by atoms with Gasteiger partial charge in [-0.05, 0) is 24.5 Å². The first kappa shape index (κ1) is 19.8. The summed E-state index contributed by atoms with van der Waals surface area (Å²) in [6.45, 7) is 2.90. The van der Waals surface area contributed by atoms with Crippen molar-refractivity contribution in [2.75, 3.05) is 31.6 Å². The van der Waals surface area contributed by atoms with E-state index in [0.29, 0.717) is 38.2 Å². The minimum absolute atomic E-state index is 0.000103. The first-order chi connectivity index (χ1) is 13.3. The van der Waals surface area contributed by atoms with Crippen molar-refractivity contribution in [1.82, 2.24) is 4.90 Å². The predicted octanol–water partition coefficient (Wildman–Crippen LogP) is 1.77. The molecule has 0 bridgehead atoms. The Hall–Kier alpha value is -2.97. The summed E-state index contributed by atoms with van der Waals surface area (Å²) in [5.74, 6) is -0.638. The van der Waals surface area contributed by atoms with Crippen molar-refractivity contribution < 1.29 is 24.0 Å². The van der Waals surface area contributed by atoms with E-state index in [2.05, 4.69) is 4.74 Å². The second kappa shape index (κ2) is 7.57. The van der Waals surface area contributed by atoms with Crippen molar-refractivity contribution in [3.63, 3.8) is 0 Å². The average Bonchev–Trinajstić information content (AvgIpc) is 3.00. The zero-order chi connectivity index (χ0) is 20.5. The molecular formula is C19H23N3O6. The second-order valence-corrected chi connectivity index (χ2v) is 7.30. The highest BCUT2D eigenvalue weighted by Crippen LogP contribution is 2.48. The molecule has 2 heterocycles. The molecule has 3 rings (SSSR count). The molecule has 1 aromatic rings. The molecule has 1 aromatic carbocycles. The van der Waals surface area contributed by atoms with E-state index in [9.17, 15) is 24.5 Å². The third kappa shape index (κ3) is 3.56. The molecule has 0 saturated carbocycles. The number of hydrogen-bond acceptors (Lipinski definition) is 6. The van der Waals surface area contributed by atoms with Crippen LogP contribution in [0, 0.1) is 10.1 Å². The summed E-state index contributed by atoms with van der Waals surface area (Å²) in [6, 6.07) is 4.61. The third-order valence-corrected chi connectivity index (χ3v) is 5.74.